The second kappa shape index (κ2) is 7.31. The molecule has 0 spiro atoms. The zero-order chi connectivity index (χ0) is 18.0. The van der Waals surface area contributed by atoms with Crippen LogP contribution in [0, 0.1) is 0 Å². The molecule has 3 rings (SSSR count). The normalized spacial score (nSPS) is 21.8. The van der Waals surface area contributed by atoms with Gasteiger partial charge in [-0.2, -0.15) is 4.31 Å². The number of benzene rings is 1. The van der Waals surface area contributed by atoms with Gasteiger partial charge in [-0.25, -0.2) is 18.0 Å². The van der Waals surface area contributed by atoms with Gasteiger partial charge in [0.1, 0.15) is 4.90 Å². The van der Waals surface area contributed by atoms with Crippen molar-refractivity contribution >= 4 is 33.6 Å². The molecule has 2 aliphatic rings. The predicted octanol–water partition coefficient (Wildman–Crippen LogP) is 1.99. The van der Waals surface area contributed by atoms with Crippen LogP contribution in [-0.2, 0) is 24.3 Å². The van der Waals surface area contributed by atoms with Crippen LogP contribution in [0.3, 0.4) is 0 Å². The van der Waals surface area contributed by atoms with Crippen molar-refractivity contribution in [3.8, 4) is 0 Å². The number of nitrogens with zero attached hydrogens (tertiary/aromatic N) is 1. The van der Waals surface area contributed by atoms with Crippen molar-refractivity contribution in [1.29, 1.82) is 0 Å². The molecule has 0 amide bonds. The number of ether oxygens (including phenoxy) is 2. The van der Waals surface area contributed by atoms with Crippen LogP contribution in [0.1, 0.15) is 36.0 Å². The fourth-order valence-corrected chi connectivity index (χ4v) is 4.87. The first-order chi connectivity index (χ1) is 11.9. The minimum Gasteiger partial charge on any atom is -0.463 e. The first kappa shape index (κ1) is 18.2. The molecule has 0 N–H and O–H groups in total. The average molecular weight is 388 g/mol. The van der Waals surface area contributed by atoms with Crippen LogP contribution in [0.4, 0.5) is 0 Å². The molecule has 0 saturated carbocycles. The third kappa shape index (κ3) is 3.80. The van der Waals surface area contributed by atoms with Crippen LogP contribution < -0.4 is 0 Å². The van der Waals surface area contributed by atoms with Gasteiger partial charge in [-0.3, -0.25) is 0 Å². The van der Waals surface area contributed by atoms with Gasteiger partial charge >= 0.3 is 11.9 Å². The zero-order valence-electron chi connectivity index (χ0n) is 13.4. The van der Waals surface area contributed by atoms with Crippen LogP contribution in [0.15, 0.2) is 23.1 Å². The monoisotopic (exact) mass is 387 g/mol. The Kier molecular flexibility index (Phi) is 5.31. The fraction of sp³-hybridized carbons (Fsp3) is 0.500. The molecule has 2 heterocycles. The van der Waals surface area contributed by atoms with Crippen molar-refractivity contribution in [2.24, 2.45) is 0 Å². The number of halogens is 1. The van der Waals surface area contributed by atoms with E-state index in [1.807, 2.05) is 0 Å². The number of piperidine rings is 1. The van der Waals surface area contributed by atoms with Crippen LogP contribution in [0.5, 0.6) is 0 Å². The van der Waals surface area contributed by atoms with Crippen LogP contribution in [-0.4, -0.2) is 50.5 Å². The molecule has 1 atom stereocenters. The maximum atomic E-state index is 12.8. The number of cyclic esters (lactones) is 1. The largest absolute Gasteiger partial charge is 0.463 e. The van der Waals surface area contributed by atoms with E-state index in [1.54, 1.807) is 0 Å². The highest BCUT2D eigenvalue weighted by Gasteiger charge is 2.32. The van der Waals surface area contributed by atoms with Crippen LogP contribution in [0.2, 0.25) is 5.02 Å². The molecule has 9 heteroatoms. The van der Waals surface area contributed by atoms with Gasteiger partial charge in [-0.1, -0.05) is 18.0 Å². The van der Waals surface area contributed by atoms with E-state index in [2.05, 4.69) is 0 Å². The molecule has 7 nitrogen and oxygen atoms in total. The quantitative estimate of drug-likeness (QED) is 0.734. The highest BCUT2D eigenvalue weighted by molar-refractivity contribution is 7.89. The standard InChI is InChI=1S/C16H18ClNO6S/c17-12-5-4-11(15(19)24-13-6-9-23-16(13)20)10-14(12)25(21,22)18-7-2-1-3-8-18/h4-5,10,13H,1-3,6-9H2/t13-/m1/s1. The maximum absolute atomic E-state index is 12.8. The molecule has 0 radical (unpaired) electrons. The third-order valence-corrected chi connectivity index (χ3v) is 6.62. The summed E-state index contributed by atoms with van der Waals surface area (Å²) >= 11 is 6.07. The Labute approximate surface area is 150 Å². The Morgan fingerprint density at radius 2 is 1.96 bits per heavy atom. The van der Waals surface area contributed by atoms with Crippen LogP contribution >= 0.6 is 11.6 Å². The Bertz CT molecular complexity index is 788. The topological polar surface area (TPSA) is 90.0 Å². The Balaban J connectivity index is 1.84. The average Bonchev–Trinajstić information content (AvgIpc) is 3.00. The maximum Gasteiger partial charge on any atom is 0.347 e. The van der Waals surface area contributed by atoms with E-state index in [9.17, 15) is 18.0 Å². The molecule has 2 aliphatic heterocycles. The van der Waals surface area contributed by atoms with E-state index < -0.39 is 28.1 Å². The van der Waals surface area contributed by atoms with Gasteiger partial charge in [0.25, 0.3) is 0 Å². The Morgan fingerprint density at radius 1 is 1.24 bits per heavy atom. The summed E-state index contributed by atoms with van der Waals surface area (Å²) in [6.45, 7) is 1.06. The molecule has 25 heavy (non-hydrogen) atoms. The SMILES string of the molecule is O=C(O[C@@H]1CCOC1=O)c1ccc(Cl)c(S(=O)(=O)N2CCCCC2)c1. The minimum atomic E-state index is -3.78. The fourth-order valence-electron chi connectivity index (χ4n) is 2.85. The number of sulfonamides is 1. The summed E-state index contributed by atoms with van der Waals surface area (Å²) in [5, 5.41) is 0.0439. The molecule has 2 fully saturated rings. The molecule has 0 unspecified atom stereocenters. The summed E-state index contributed by atoms with van der Waals surface area (Å²) in [7, 11) is -3.78. The van der Waals surface area contributed by atoms with Crippen molar-refractivity contribution in [3.05, 3.63) is 28.8 Å². The molecule has 1 aromatic carbocycles. The summed E-state index contributed by atoms with van der Waals surface area (Å²) in [5.74, 6) is -1.38. The van der Waals surface area contributed by atoms with E-state index in [1.165, 1.54) is 22.5 Å². The second-order valence-corrected chi connectivity index (χ2v) is 8.27. The summed E-state index contributed by atoms with van der Waals surface area (Å²) in [4.78, 5) is 23.5. The first-order valence-corrected chi connectivity index (χ1v) is 9.89. The summed E-state index contributed by atoms with van der Waals surface area (Å²) in [6, 6.07) is 3.93. The molecular formula is C16H18ClNO6S. The lowest BCUT2D eigenvalue weighted by Crippen LogP contribution is -2.35. The molecule has 1 aromatic rings. The van der Waals surface area contributed by atoms with Gasteiger partial charge in [-0.05, 0) is 31.0 Å². The lowest BCUT2D eigenvalue weighted by molar-refractivity contribution is -0.145. The number of hydrogen-bond donors (Lipinski definition) is 0. The van der Waals surface area contributed by atoms with E-state index in [4.69, 9.17) is 21.1 Å². The molecule has 2 saturated heterocycles. The third-order valence-electron chi connectivity index (χ3n) is 4.24. The molecule has 0 aromatic heterocycles. The van der Waals surface area contributed by atoms with Gasteiger partial charge < -0.3 is 9.47 Å². The minimum absolute atomic E-state index is 0.0275. The number of carbonyl (C=O) groups is 2. The van der Waals surface area contributed by atoms with E-state index in [-0.39, 0.29) is 28.5 Å². The number of hydrogen-bond acceptors (Lipinski definition) is 6. The molecule has 0 bridgehead atoms. The Hall–Kier alpha value is -1.64. The lowest BCUT2D eigenvalue weighted by atomic mass is 10.2. The second-order valence-electron chi connectivity index (χ2n) is 5.96. The predicted molar refractivity (Wildman–Crippen MR) is 88.8 cm³/mol. The van der Waals surface area contributed by atoms with Gasteiger partial charge in [0.2, 0.25) is 16.1 Å². The van der Waals surface area contributed by atoms with Crippen molar-refractivity contribution < 1.29 is 27.5 Å². The van der Waals surface area contributed by atoms with Crippen molar-refractivity contribution in [2.45, 2.75) is 36.7 Å². The zero-order valence-corrected chi connectivity index (χ0v) is 15.0. The van der Waals surface area contributed by atoms with Crippen LogP contribution in [0.25, 0.3) is 0 Å². The molecular weight excluding hydrogens is 370 g/mol. The first-order valence-electron chi connectivity index (χ1n) is 8.07. The van der Waals surface area contributed by atoms with Gasteiger partial charge in [0.15, 0.2) is 0 Å². The molecule has 136 valence electrons. The van der Waals surface area contributed by atoms with Crippen molar-refractivity contribution in [1.82, 2.24) is 4.31 Å². The lowest BCUT2D eigenvalue weighted by Gasteiger charge is -2.26. The van der Waals surface area contributed by atoms with Gasteiger partial charge in [0, 0.05) is 19.5 Å². The number of esters is 2. The van der Waals surface area contributed by atoms with E-state index in [0.717, 1.165) is 19.3 Å². The van der Waals surface area contributed by atoms with Gasteiger partial charge in [0.05, 0.1) is 17.2 Å². The highest BCUT2D eigenvalue weighted by atomic mass is 35.5. The summed E-state index contributed by atoms with van der Waals surface area (Å²) < 4.78 is 36.8. The van der Waals surface area contributed by atoms with Gasteiger partial charge in [-0.15, -0.1) is 0 Å². The van der Waals surface area contributed by atoms with Crippen molar-refractivity contribution in [2.75, 3.05) is 19.7 Å². The summed E-state index contributed by atoms with van der Waals surface area (Å²) in [5.41, 5.74) is 0.0275. The number of rotatable bonds is 4. The highest BCUT2D eigenvalue weighted by Crippen LogP contribution is 2.28. The Morgan fingerprint density at radius 3 is 2.60 bits per heavy atom. The summed E-state index contributed by atoms with van der Waals surface area (Å²) in [6.07, 6.45) is 1.91. The number of carbonyl (C=O) groups excluding carboxylic acids is 2. The van der Waals surface area contributed by atoms with E-state index in [0.29, 0.717) is 13.1 Å². The smallest absolute Gasteiger partial charge is 0.347 e. The van der Waals surface area contributed by atoms with Crippen molar-refractivity contribution in [3.63, 3.8) is 0 Å². The molecule has 0 aliphatic carbocycles. The van der Waals surface area contributed by atoms with E-state index >= 15 is 0 Å².